The van der Waals surface area contributed by atoms with E-state index in [1.165, 1.54) is 0 Å². The summed E-state index contributed by atoms with van der Waals surface area (Å²) in [6.45, 7) is 0.555. The lowest BCUT2D eigenvalue weighted by Crippen LogP contribution is -2.31. The lowest BCUT2D eigenvalue weighted by Gasteiger charge is -2.21. The molecule has 0 amide bonds. The molecular formula is C12H16BrNO2S2. The van der Waals surface area contributed by atoms with E-state index in [1.54, 1.807) is 24.3 Å². The van der Waals surface area contributed by atoms with Gasteiger partial charge in [0.25, 0.3) is 0 Å². The first-order chi connectivity index (χ1) is 8.58. The molecule has 0 radical (unpaired) electrons. The number of halogens is 1. The molecule has 1 saturated heterocycles. The zero-order valence-electron chi connectivity index (χ0n) is 9.93. The van der Waals surface area contributed by atoms with Crippen LogP contribution in [0, 0.1) is 5.92 Å². The maximum Gasteiger partial charge on any atom is 0.240 e. The lowest BCUT2D eigenvalue weighted by molar-refractivity contribution is 0.476. The number of thioether (sulfide) groups is 1. The molecule has 0 saturated carbocycles. The minimum atomic E-state index is -3.35. The first kappa shape index (κ1) is 14.4. The van der Waals surface area contributed by atoms with Crippen LogP contribution >= 0.6 is 27.7 Å². The van der Waals surface area contributed by atoms with Gasteiger partial charge in [-0.3, -0.25) is 0 Å². The number of hydrogen-bond donors (Lipinski definition) is 1. The van der Waals surface area contributed by atoms with Crippen molar-refractivity contribution in [2.24, 2.45) is 5.92 Å². The molecule has 0 atom stereocenters. The molecule has 0 unspecified atom stereocenters. The minimum Gasteiger partial charge on any atom is -0.211 e. The largest absolute Gasteiger partial charge is 0.240 e. The number of hydrogen-bond acceptors (Lipinski definition) is 3. The molecule has 0 bridgehead atoms. The van der Waals surface area contributed by atoms with Crippen molar-refractivity contribution in [1.29, 1.82) is 0 Å². The van der Waals surface area contributed by atoms with E-state index >= 15 is 0 Å². The third-order valence-electron chi connectivity index (χ3n) is 3.03. The fourth-order valence-corrected chi connectivity index (χ4v) is 4.46. The summed E-state index contributed by atoms with van der Waals surface area (Å²) < 4.78 is 27.7. The van der Waals surface area contributed by atoms with Crippen molar-refractivity contribution in [3.8, 4) is 0 Å². The summed E-state index contributed by atoms with van der Waals surface area (Å²) in [5, 5.41) is 0. The predicted octanol–water partition coefficient (Wildman–Crippen LogP) is 2.87. The van der Waals surface area contributed by atoms with Crippen LogP contribution in [-0.2, 0) is 10.0 Å². The predicted molar refractivity (Wildman–Crippen MR) is 79.4 cm³/mol. The van der Waals surface area contributed by atoms with Gasteiger partial charge in [-0.25, -0.2) is 13.1 Å². The quantitative estimate of drug-likeness (QED) is 0.908. The zero-order chi connectivity index (χ0) is 13.0. The van der Waals surface area contributed by atoms with Crippen LogP contribution < -0.4 is 4.72 Å². The van der Waals surface area contributed by atoms with E-state index < -0.39 is 10.0 Å². The first-order valence-corrected chi connectivity index (χ1v) is 9.34. The highest BCUT2D eigenvalue weighted by molar-refractivity contribution is 9.10. The van der Waals surface area contributed by atoms with Gasteiger partial charge < -0.3 is 0 Å². The van der Waals surface area contributed by atoms with Crippen LogP contribution in [0.15, 0.2) is 33.6 Å². The van der Waals surface area contributed by atoms with Crippen molar-refractivity contribution < 1.29 is 8.42 Å². The molecule has 1 heterocycles. The van der Waals surface area contributed by atoms with Crippen LogP contribution in [0.5, 0.6) is 0 Å². The Labute approximate surface area is 121 Å². The van der Waals surface area contributed by atoms with Crippen molar-refractivity contribution >= 4 is 37.7 Å². The van der Waals surface area contributed by atoms with Crippen molar-refractivity contribution in [3.05, 3.63) is 28.7 Å². The fourth-order valence-electron chi connectivity index (χ4n) is 1.88. The molecule has 100 valence electrons. The second-order valence-electron chi connectivity index (χ2n) is 4.36. The minimum absolute atomic E-state index is 0.330. The first-order valence-electron chi connectivity index (χ1n) is 5.91. The van der Waals surface area contributed by atoms with Gasteiger partial charge in [0, 0.05) is 11.0 Å². The van der Waals surface area contributed by atoms with Crippen molar-refractivity contribution in [2.45, 2.75) is 17.7 Å². The van der Waals surface area contributed by atoms with Gasteiger partial charge in [-0.2, -0.15) is 11.8 Å². The van der Waals surface area contributed by atoms with Crippen LogP contribution in [0.4, 0.5) is 0 Å². The van der Waals surface area contributed by atoms with Crippen LogP contribution in [-0.4, -0.2) is 26.5 Å². The Morgan fingerprint density at radius 3 is 2.44 bits per heavy atom. The molecule has 6 heteroatoms. The lowest BCUT2D eigenvalue weighted by atomic mass is 10.0. The molecule has 1 aromatic carbocycles. The Kier molecular flexibility index (Phi) is 5.12. The molecule has 1 fully saturated rings. The number of benzene rings is 1. The van der Waals surface area contributed by atoms with Gasteiger partial charge in [0.1, 0.15) is 0 Å². The number of nitrogens with one attached hydrogen (secondary N) is 1. The van der Waals surface area contributed by atoms with E-state index in [0.29, 0.717) is 17.4 Å². The van der Waals surface area contributed by atoms with E-state index in [9.17, 15) is 8.42 Å². The van der Waals surface area contributed by atoms with Gasteiger partial charge >= 0.3 is 0 Å². The molecular weight excluding hydrogens is 334 g/mol. The topological polar surface area (TPSA) is 46.2 Å². The van der Waals surface area contributed by atoms with Gasteiger partial charge in [-0.15, -0.1) is 0 Å². The van der Waals surface area contributed by atoms with Gasteiger partial charge in [0.15, 0.2) is 0 Å². The molecule has 0 aromatic heterocycles. The molecule has 1 N–H and O–H groups in total. The normalized spacial score (nSPS) is 17.8. The van der Waals surface area contributed by atoms with E-state index in [1.807, 2.05) is 11.8 Å². The molecule has 1 aliphatic heterocycles. The smallest absolute Gasteiger partial charge is 0.211 e. The summed E-state index contributed by atoms with van der Waals surface area (Å²) in [6, 6.07) is 6.71. The summed E-state index contributed by atoms with van der Waals surface area (Å²) in [6.07, 6.45) is 2.21. The summed E-state index contributed by atoms with van der Waals surface area (Å²) >= 11 is 5.24. The number of sulfonamides is 1. The van der Waals surface area contributed by atoms with Crippen molar-refractivity contribution in [3.63, 3.8) is 0 Å². The van der Waals surface area contributed by atoms with E-state index in [4.69, 9.17) is 0 Å². The Hall–Kier alpha value is -0.0400. The molecule has 1 aromatic rings. The Morgan fingerprint density at radius 1 is 1.22 bits per heavy atom. The summed E-state index contributed by atoms with van der Waals surface area (Å²) in [7, 11) is -3.35. The highest BCUT2D eigenvalue weighted by Gasteiger charge is 2.18. The van der Waals surface area contributed by atoms with Crippen molar-refractivity contribution in [1.82, 2.24) is 4.72 Å². The molecule has 18 heavy (non-hydrogen) atoms. The Bertz CT molecular complexity index is 481. The highest BCUT2D eigenvalue weighted by atomic mass is 79.9. The van der Waals surface area contributed by atoms with Gasteiger partial charge in [-0.05, 0) is 54.5 Å². The third kappa shape index (κ3) is 3.98. The highest BCUT2D eigenvalue weighted by Crippen LogP contribution is 2.22. The van der Waals surface area contributed by atoms with E-state index in [-0.39, 0.29) is 0 Å². The van der Waals surface area contributed by atoms with Gasteiger partial charge in [0.05, 0.1) is 4.90 Å². The summed E-state index contributed by atoms with van der Waals surface area (Å²) in [5.41, 5.74) is 0. The van der Waals surface area contributed by atoms with Crippen LogP contribution in [0.25, 0.3) is 0 Å². The molecule has 0 spiro atoms. The Balaban J connectivity index is 1.96. The van der Waals surface area contributed by atoms with Crippen LogP contribution in [0.3, 0.4) is 0 Å². The van der Waals surface area contributed by atoms with Gasteiger partial charge in [-0.1, -0.05) is 15.9 Å². The van der Waals surface area contributed by atoms with Crippen LogP contribution in [0.1, 0.15) is 12.8 Å². The molecule has 0 aliphatic carbocycles. The monoisotopic (exact) mass is 349 g/mol. The third-order valence-corrected chi connectivity index (χ3v) is 6.04. The van der Waals surface area contributed by atoms with Gasteiger partial charge in [0.2, 0.25) is 10.0 Å². The standard InChI is InChI=1S/C12H16BrNO2S2/c13-11-1-3-12(4-2-11)18(15,16)14-9-10-5-7-17-8-6-10/h1-4,10,14H,5-9H2. The summed E-state index contributed by atoms with van der Waals surface area (Å²) in [4.78, 5) is 0.330. The van der Waals surface area contributed by atoms with E-state index in [0.717, 1.165) is 28.8 Å². The average Bonchev–Trinajstić information content (AvgIpc) is 2.38. The zero-order valence-corrected chi connectivity index (χ0v) is 13.2. The fraction of sp³-hybridized carbons (Fsp3) is 0.500. The summed E-state index contributed by atoms with van der Waals surface area (Å²) in [5.74, 6) is 2.77. The molecule has 1 aliphatic rings. The molecule has 2 rings (SSSR count). The Morgan fingerprint density at radius 2 is 1.83 bits per heavy atom. The average molecular weight is 350 g/mol. The maximum atomic E-state index is 12.1. The number of rotatable bonds is 4. The van der Waals surface area contributed by atoms with E-state index in [2.05, 4.69) is 20.7 Å². The SMILES string of the molecule is O=S(=O)(NCC1CCSCC1)c1ccc(Br)cc1. The maximum absolute atomic E-state index is 12.1. The second kappa shape index (κ2) is 6.41. The van der Waals surface area contributed by atoms with Crippen molar-refractivity contribution in [2.75, 3.05) is 18.1 Å². The second-order valence-corrected chi connectivity index (χ2v) is 8.27. The molecule has 3 nitrogen and oxygen atoms in total. The van der Waals surface area contributed by atoms with Crippen LogP contribution in [0.2, 0.25) is 0 Å².